The van der Waals surface area contributed by atoms with Gasteiger partial charge in [-0.1, -0.05) is 0 Å². The number of aliphatic hydroxyl groups excluding tert-OH is 1. The van der Waals surface area contributed by atoms with Crippen LogP contribution in [0.1, 0.15) is 17.4 Å². The second kappa shape index (κ2) is 7.81. The van der Waals surface area contributed by atoms with Crippen molar-refractivity contribution in [1.29, 1.82) is 0 Å². The Balaban J connectivity index is 1.65. The SMILES string of the molecule is COc1ccc(N2C(=O)C(=O)/C(=C(\O)c3ccc4c(c3)OCCO4)C2c2ccco2)cc1. The molecule has 2 aliphatic heterocycles. The molecule has 0 saturated carbocycles. The van der Waals surface area contributed by atoms with Crippen molar-refractivity contribution in [1.82, 2.24) is 0 Å². The third kappa shape index (κ3) is 3.17. The van der Waals surface area contributed by atoms with Crippen molar-refractivity contribution >= 4 is 23.1 Å². The van der Waals surface area contributed by atoms with Gasteiger partial charge in [-0.05, 0) is 54.6 Å². The summed E-state index contributed by atoms with van der Waals surface area (Å²) in [5, 5.41) is 11.1. The van der Waals surface area contributed by atoms with Crippen molar-refractivity contribution in [3.63, 3.8) is 0 Å². The third-order valence-corrected chi connectivity index (χ3v) is 5.42. The number of carbonyl (C=O) groups is 2. The van der Waals surface area contributed by atoms with Gasteiger partial charge in [-0.25, -0.2) is 0 Å². The Morgan fingerprint density at radius 2 is 1.78 bits per heavy atom. The molecule has 2 aromatic carbocycles. The summed E-state index contributed by atoms with van der Waals surface area (Å²) in [6.07, 6.45) is 1.45. The number of methoxy groups -OCH3 is 1. The average molecular weight is 433 g/mol. The van der Waals surface area contributed by atoms with E-state index in [0.717, 1.165) is 0 Å². The number of amides is 1. The maximum Gasteiger partial charge on any atom is 0.300 e. The highest BCUT2D eigenvalue weighted by molar-refractivity contribution is 6.51. The minimum absolute atomic E-state index is 0.0718. The number of hydrogen-bond donors (Lipinski definition) is 1. The van der Waals surface area contributed by atoms with Crippen LogP contribution in [0.15, 0.2) is 70.9 Å². The summed E-state index contributed by atoms with van der Waals surface area (Å²) in [4.78, 5) is 27.5. The predicted octanol–water partition coefficient (Wildman–Crippen LogP) is 3.69. The molecular weight excluding hydrogens is 414 g/mol. The van der Waals surface area contributed by atoms with Gasteiger partial charge in [0.05, 0.1) is 18.9 Å². The number of benzene rings is 2. The molecule has 1 saturated heterocycles. The molecule has 0 bridgehead atoms. The summed E-state index contributed by atoms with van der Waals surface area (Å²) in [7, 11) is 1.54. The number of furan rings is 1. The fraction of sp³-hybridized carbons (Fsp3) is 0.167. The summed E-state index contributed by atoms with van der Waals surface area (Å²) in [6, 6.07) is 14.0. The monoisotopic (exact) mass is 433 g/mol. The Labute approximate surface area is 183 Å². The molecule has 8 heteroatoms. The Kier molecular flexibility index (Phi) is 4.82. The van der Waals surface area contributed by atoms with Gasteiger partial charge in [0.2, 0.25) is 0 Å². The standard InChI is InChI=1S/C24H19NO7/c1-29-16-7-5-15(6-8-16)25-21(18-3-2-10-30-18)20(23(27)24(25)28)22(26)14-4-9-17-19(13-14)32-12-11-31-17/h2-10,13,21,26H,11-12H2,1H3/b22-20-. The van der Waals surface area contributed by atoms with Gasteiger partial charge < -0.3 is 23.7 Å². The maximum absolute atomic E-state index is 13.1. The summed E-state index contributed by atoms with van der Waals surface area (Å²) < 4.78 is 21.8. The minimum atomic E-state index is -0.938. The summed E-state index contributed by atoms with van der Waals surface area (Å²) in [5.41, 5.74) is 0.728. The zero-order chi connectivity index (χ0) is 22.2. The fourth-order valence-electron chi connectivity index (χ4n) is 3.90. The van der Waals surface area contributed by atoms with E-state index in [9.17, 15) is 14.7 Å². The fourth-order valence-corrected chi connectivity index (χ4v) is 3.90. The molecule has 1 unspecified atom stereocenters. The Morgan fingerprint density at radius 1 is 1.03 bits per heavy atom. The van der Waals surface area contributed by atoms with Gasteiger partial charge in [0, 0.05) is 11.3 Å². The first-order valence-electron chi connectivity index (χ1n) is 9.97. The van der Waals surface area contributed by atoms with Crippen LogP contribution in [0.25, 0.3) is 5.76 Å². The molecule has 1 N–H and O–H groups in total. The molecule has 3 heterocycles. The molecule has 1 amide bonds. The van der Waals surface area contributed by atoms with Crippen LogP contribution >= 0.6 is 0 Å². The van der Waals surface area contributed by atoms with Gasteiger partial charge in [0.15, 0.2) is 11.5 Å². The van der Waals surface area contributed by atoms with Crippen LogP contribution in [0.4, 0.5) is 5.69 Å². The van der Waals surface area contributed by atoms with Crippen LogP contribution in [0, 0.1) is 0 Å². The lowest BCUT2D eigenvalue weighted by molar-refractivity contribution is -0.132. The van der Waals surface area contributed by atoms with E-state index in [0.29, 0.717) is 47.5 Å². The molecule has 5 rings (SSSR count). The number of fused-ring (bicyclic) bond motifs is 1. The van der Waals surface area contributed by atoms with Crippen molar-refractivity contribution in [2.75, 3.05) is 25.2 Å². The highest BCUT2D eigenvalue weighted by atomic mass is 16.6. The number of anilines is 1. The molecule has 1 fully saturated rings. The molecular formula is C24H19NO7. The van der Waals surface area contributed by atoms with Crippen LogP contribution in [-0.4, -0.2) is 37.1 Å². The summed E-state index contributed by atoms with van der Waals surface area (Å²) >= 11 is 0. The Morgan fingerprint density at radius 3 is 2.47 bits per heavy atom. The number of hydrogen-bond acceptors (Lipinski definition) is 7. The first kappa shape index (κ1) is 19.7. The number of nitrogens with zero attached hydrogens (tertiary/aromatic N) is 1. The second-order valence-electron chi connectivity index (χ2n) is 7.24. The molecule has 1 aromatic heterocycles. The van der Waals surface area contributed by atoms with Gasteiger partial charge in [0.1, 0.15) is 36.5 Å². The number of rotatable bonds is 4. The second-order valence-corrected chi connectivity index (χ2v) is 7.24. The van der Waals surface area contributed by atoms with E-state index in [1.807, 2.05) is 0 Å². The van der Waals surface area contributed by atoms with Gasteiger partial charge in [-0.3, -0.25) is 14.5 Å². The van der Waals surface area contributed by atoms with E-state index in [1.165, 1.54) is 18.3 Å². The van der Waals surface area contributed by atoms with Crippen molar-refractivity contribution in [3.05, 3.63) is 77.8 Å². The van der Waals surface area contributed by atoms with Crippen molar-refractivity contribution < 1.29 is 33.3 Å². The van der Waals surface area contributed by atoms with Gasteiger partial charge in [-0.15, -0.1) is 0 Å². The lowest BCUT2D eigenvalue weighted by Gasteiger charge is -2.23. The molecule has 0 radical (unpaired) electrons. The summed E-state index contributed by atoms with van der Waals surface area (Å²) in [5.74, 6) is 0.0616. The smallest absolute Gasteiger partial charge is 0.300 e. The number of ketones is 1. The Bertz CT molecular complexity index is 1210. The number of ether oxygens (including phenoxy) is 3. The number of carbonyl (C=O) groups excluding carboxylic acids is 2. The normalized spacial score (nSPS) is 19.3. The lowest BCUT2D eigenvalue weighted by Crippen LogP contribution is -2.29. The van der Waals surface area contributed by atoms with E-state index >= 15 is 0 Å². The minimum Gasteiger partial charge on any atom is -0.507 e. The van der Waals surface area contributed by atoms with Crippen molar-refractivity contribution in [2.24, 2.45) is 0 Å². The van der Waals surface area contributed by atoms with E-state index < -0.39 is 17.7 Å². The highest BCUT2D eigenvalue weighted by Gasteiger charge is 2.48. The summed E-state index contributed by atoms with van der Waals surface area (Å²) in [6.45, 7) is 0.815. The van der Waals surface area contributed by atoms with Crippen LogP contribution in [0.3, 0.4) is 0 Å². The third-order valence-electron chi connectivity index (χ3n) is 5.42. The molecule has 8 nitrogen and oxygen atoms in total. The topological polar surface area (TPSA) is 98.4 Å². The van der Waals surface area contributed by atoms with Gasteiger partial charge in [-0.2, -0.15) is 0 Å². The first-order valence-corrected chi connectivity index (χ1v) is 9.97. The predicted molar refractivity (Wildman–Crippen MR) is 114 cm³/mol. The van der Waals surface area contributed by atoms with Gasteiger partial charge in [0.25, 0.3) is 11.7 Å². The highest BCUT2D eigenvalue weighted by Crippen LogP contribution is 2.43. The average Bonchev–Trinajstić information content (AvgIpc) is 3.45. The zero-order valence-corrected chi connectivity index (χ0v) is 17.1. The van der Waals surface area contributed by atoms with Crippen LogP contribution in [0.2, 0.25) is 0 Å². The van der Waals surface area contributed by atoms with Crippen molar-refractivity contribution in [2.45, 2.75) is 6.04 Å². The van der Waals surface area contributed by atoms with Crippen LogP contribution < -0.4 is 19.1 Å². The van der Waals surface area contributed by atoms with Crippen molar-refractivity contribution in [3.8, 4) is 17.2 Å². The largest absolute Gasteiger partial charge is 0.507 e. The van der Waals surface area contributed by atoms with Crippen LogP contribution in [0.5, 0.6) is 17.2 Å². The number of Topliss-reactive ketones (excluding diaryl/α,β-unsaturated/α-hetero) is 1. The quantitative estimate of drug-likeness (QED) is 0.381. The first-order chi connectivity index (χ1) is 15.6. The molecule has 1 atom stereocenters. The molecule has 3 aromatic rings. The number of aliphatic hydroxyl groups is 1. The van der Waals surface area contributed by atoms with E-state index in [1.54, 1.807) is 54.6 Å². The van der Waals surface area contributed by atoms with E-state index in [2.05, 4.69) is 0 Å². The maximum atomic E-state index is 13.1. The zero-order valence-electron chi connectivity index (χ0n) is 17.1. The van der Waals surface area contributed by atoms with Gasteiger partial charge >= 0.3 is 0 Å². The van der Waals surface area contributed by atoms with E-state index in [-0.39, 0.29) is 11.3 Å². The molecule has 2 aliphatic rings. The molecule has 0 spiro atoms. The molecule has 162 valence electrons. The van der Waals surface area contributed by atoms with E-state index in [4.69, 9.17) is 18.6 Å². The lowest BCUT2D eigenvalue weighted by atomic mass is 9.99. The van der Waals surface area contributed by atoms with Crippen LogP contribution in [-0.2, 0) is 9.59 Å². The molecule has 32 heavy (non-hydrogen) atoms. The Hall–Kier alpha value is -4.20. The molecule has 0 aliphatic carbocycles.